The molecular formula is C28H42N2O6. The molecule has 0 saturated carbocycles. The summed E-state index contributed by atoms with van der Waals surface area (Å²) in [5.41, 5.74) is -2.35. The number of amides is 2. The van der Waals surface area contributed by atoms with Crippen LogP contribution in [0.15, 0.2) is 24.3 Å². The number of aliphatic hydroxyl groups excluding tert-OH is 1. The number of hydrogen-bond acceptors (Lipinski definition) is 6. The van der Waals surface area contributed by atoms with Crippen LogP contribution in [0.5, 0.6) is 0 Å². The first-order valence-corrected chi connectivity index (χ1v) is 13.7. The molecule has 8 heteroatoms. The molecular weight excluding hydrogens is 460 g/mol. The van der Waals surface area contributed by atoms with Gasteiger partial charge in [-0.1, -0.05) is 64.8 Å². The molecule has 0 aliphatic carbocycles. The quantitative estimate of drug-likeness (QED) is 0.405. The number of aliphatic hydroxyl groups is 1. The van der Waals surface area contributed by atoms with Gasteiger partial charge in [-0.15, -0.1) is 0 Å². The summed E-state index contributed by atoms with van der Waals surface area (Å²) in [4.78, 5) is 45.6. The normalized spacial score (nSPS) is 36.4. The summed E-state index contributed by atoms with van der Waals surface area (Å²) in [6.45, 7) is 10.4. The van der Waals surface area contributed by atoms with Gasteiger partial charge >= 0.3 is 5.97 Å². The number of cyclic esters (lactones) is 1. The molecule has 0 aromatic heterocycles. The van der Waals surface area contributed by atoms with E-state index >= 15 is 0 Å². The van der Waals surface area contributed by atoms with Crippen LogP contribution < -0.4 is 0 Å². The predicted molar refractivity (Wildman–Crippen MR) is 135 cm³/mol. The Balaban J connectivity index is 1.92. The van der Waals surface area contributed by atoms with E-state index in [1.807, 2.05) is 56.9 Å². The molecule has 2 unspecified atom stereocenters. The lowest BCUT2D eigenvalue weighted by atomic mass is 9.73. The predicted octanol–water partition coefficient (Wildman–Crippen LogP) is 2.84. The minimum Gasteiger partial charge on any atom is -0.465 e. The monoisotopic (exact) mass is 502 g/mol. The summed E-state index contributed by atoms with van der Waals surface area (Å²) in [6, 6.07) is -1.54. The third-order valence-electron chi connectivity index (χ3n) is 8.96. The molecule has 2 fully saturated rings. The first-order valence-electron chi connectivity index (χ1n) is 13.7. The molecule has 8 nitrogen and oxygen atoms in total. The van der Waals surface area contributed by atoms with Gasteiger partial charge in [-0.2, -0.15) is 0 Å². The van der Waals surface area contributed by atoms with E-state index in [2.05, 4.69) is 6.92 Å². The second-order valence-corrected chi connectivity index (χ2v) is 10.9. The lowest BCUT2D eigenvalue weighted by molar-refractivity contribution is -0.164. The maximum atomic E-state index is 14.4. The van der Waals surface area contributed by atoms with Gasteiger partial charge in [0.1, 0.15) is 23.2 Å². The van der Waals surface area contributed by atoms with E-state index in [-0.39, 0.29) is 37.0 Å². The van der Waals surface area contributed by atoms with Crippen LogP contribution >= 0.6 is 0 Å². The first kappa shape index (κ1) is 26.9. The SMILES string of the molecule is CCCC(C)N1CC=C[C@]23O[C@@]4(CC)C=CCCOC(=O)[C@H]4[C@H]2C(=O)N([C@@H](CO)[C@@H](C)CC)C3C1=O. The topological polar surface area (TPSA) is 96.4 Å². The third kappa shape index (κ3) is 3.92. The summed E-state index contributed by atoms with van der Waals surface area (Å²) in [5, 5.41) is 10.5. The van der Waals surface area contributed by atoms with E-state index in [0.717, 1.165) is 19.3 Å². The van der Waals surface area contributed by atoms with Gasteiger partial charge in [-0.3, -0.25) is 14.4 Å². The van der Waals surface area contributed by atoms with Crippen LogP contribution in [0, 0.1) is 17.8 Å². The van der Waals surface area contributed by atoms with Crippen molar-refractivity contribution in [3.63, 3.8) is 0 Å². The van der Waals surface area contributed by atoms with E-state index in [0.29, 0.717) is 19.4 Å². The van der Waals surface area contributed by atoms with E-state index in [1.54, 1.807) is 4.90 Å². The van der Waals surface area contributed by atoms with Gasteiger partial charge < -0.3 is 24.4 Å². The van der Waals surface area contributed by atoms with Gasteiger partial charge in [-0.25, -0.2) is 0 Å². The lowest BCUT2D eigenvalue weighted by Crippen LogP contribution is -2.60. The number of ether oxygens (including phenoxy) is 2. The van der Waals surface area contributed by atoms with Crippen LogP contribution in [0.25, 0.3) is 0 Å². The molecule has 4 heterocycles. The number of nitrogens with zero attached hydrogens (tertiary/aromatic N) is 2. The van der Waals surface area contributed by atoms with Gasteiger partial charge in [0.05, 0.1) is 25.2 Å². The van der Waals surface area contributed by atoms with Crippen molar-refractivity contribution in [3.8, 4) is 0 Å². The molecule has 8 atom stereocenters. The highest BCUT2D eigenvalue weighted by molar-refractivity contribution is 5.99. The van der Waals surface area contributed by atoms with Gasteiger partial charge in [-0.05, 0) is 32.1 Å². The average molecular weight is 503 g/mol. The van der Waals surface area contributed by atoms with E-state index in [4.69, 9.17) is 9.47 Å². The molecule has 4 rings (SSSR count). The molecule has 0 aromatic carbocycles. The standard InChI is InChI=1S/C28H42N2O6/c1-6-12-19(5)29-15-11-14-28-21(22-26(34)35-16-10-9-13-27(22,8-3)36-28)24(32)30(23(28)25(29)33)20(17-31)18(4)7-2/h9,11,13-14,18-23,31H,6-8,10,12,15-17H2,1-5H3/t18-,19?,20-,21-,22+,23?,27-,28-/m0/s1. The van der Waals surface area contributed by atoms with Crippen molar-refractivity contribution in [1.29, 1.82) is 0 Å². The number of likely N-dealkylation sites (tertiary alicyclic amines) is 1. The number of hydrogen-bond donors (Lipinski definition) is 1. The maximum absolute atomic E-state index is 14.4. The Kier molecular flexibility index (Phi) is 7.68. The van der Waals surface area contributed by atoms with Crippen LogP contribution in [0.4, 0.5) is 0 Å². The molecule has 0 aromatic rings. The number of esters is 1. The minimum atomic E-state index is -1.32. The Morgan fingerprint density at radius 3 is 2.47 bits per heavy atom. The zero-order chi connectivity index (χ0) is 26.3. The number of carbonyl (C=O) groups is 3. The van der Waals surface area contributed by atoms with Gasteiger partial charge in [0, 0.05) is 12.6 Å². The largest absolute Gasteiger partial charge is 0.465 e. The molecule has 0 bridgehead atoms. The second-order valence-electron chi connectivity index (χ2n) is 10.9. The van der Waals surface area contributed by atoms with E-state index in [9.17, 15) is 19.5 Å². The first-order chi connectivity index (χ1) is 17.2. The second kappa shape index (κ2) is 10.3. The number of rotatable bonds is 8. The fraction of sp³-hybridized carbons (Fsp3) is 0.750. The summed E-state index contributed by atoms with van der Waals surface area (Å²) in [5.74, 6) is -2.77. The Labute approximate surface area is 214 Å². The van der Waals surface area contributed by atoms with Crippen molar-refractivity contribution in [2.75, 3.05) is 19.8 Å². The summed E-state index contributed by atoms with van der Waals surface area (Å²) in [7, 11) is 0. The van der Waals surface area contributed by atoms with Crippen LogP contribution in [0.3, 0.4) is 0 Å². The van der Waals surface area contributed by atoms with E-state index in [1.165, 1.54) is 0 Å². The summed E-state index contributed by atoms with van der Waals surface area (Å²) in [6.07, 6.45) is 11.2. The Hall–Kier alpha value is -2.19. The molecule has 2 amide bonds. The van der Waals surface area contributed by atoms with Gasteiger partial charge in [0.15, 0.2) is 0 Å². The molecule has 0 radical (unpaired) electrons. The highest BCUT2D eigenvalue weighted by Gasteiger charge is 2.76. The Morgan fingerprint density at radius 2 is 1.83 bits per heavy atom. The summed E-state index contributed by atoms with van der Waals surface area (Å²) >= 11 is 0. The molecule has 4 aliphatic rings. The highest BCUT2D eigenvalue weighted by atomic mass is 16.6. The van der Waals surface area contributed by atoms with Crippen LogP contribution in [-0.2, 0) is 23.9 Å². The smallest absolute Gasteiger partial charge is 0.313 e. The van der Waals surface area contributed by atoms with Crippen LogP contribution in [0.2, 0.25) is 0 Å². The fourth-order valence-electron chi connectivity index (χ4n) is 6.83. The molecule has 200 valence electrons. The molecule has 1 spiro atoms. The summed E-state index contributed by atoms with van der Waals surface area (Å²) < 4.78 is 12.5. The van der Waals surface area contributed by atoms with E-state index < -0.39 is 41.1 Å². The lowest BCUT2D eigenvalue weighted by Gasteiger charge is -2.43. The van der Waals surface area contributed by atoms with Crippen LogP contribution in [0.1, 0.15) is 66.7 Å². The highest BCUT2D eigenvalue weighted by Crippen LogP contribution is 2.59. The molecule has 1 N–H and O–H groups in total. The Bertz CT molecular complexity index is 933. The number of carbonyl (C=O) groups excluding carboxylic acids is 3. The maximum Gasteiger partial charge on any atom is 0.313 e. The van der Waals surface area contributed by atoms with Gasteiger partial charge in [0.2, 0.25) is 11.8 Å². The third-order valence-corrected chi connectivity index (χ3v) is 8.96. The molecule has 2 saturated heterocycles. The van der Waals surface area contributed by atoms with Gasteiger partial charge in [0.25, 0.3) is 0 Å². The van der Waals surface area contributed by atoms with Crippen molar-refractivity contribution >= 4 is 17.8 Å². The molecule has 36 heavy (non-hydrogen) atoms. The zero-order valence-corrected chi connectivity index (χ0v) is 22.3. The van der Waals surface area contributed by atoms with Crippen LogP contribution in [-0.4, -0.2) is 81.8 Å². The van der Waals surface area contributed by atoms with Crippen molar-refractivity contribution in [2.45, 2.75) is 96.1 Å². The van der Waals surface area contributed by atoms with Crippen molar-refractivity contribution in [1.82, 2.24) is 9.80 Å². The Morgan fingerprint density at radius 1 is 1.08 bits per heavy atom. The number of fused-ring (bicyclic) bond motifs is 2. The molecule has 4 aliphatic heterocycles. The minimum absolute atomic E-state index is 0.0189. The van der Waals surface area contributed by atoms with Crippen molar-refractivity contribution < 1.29 is 29.0 Å². The average Bonchev–Trinajstić information content (AvgIpc) is 3.20. The zero-order valence-electron chi connectivity index (χ0n) is 22.3. The van der Waals surface area contributed by atoms with Crippen molar-refractivity contribution in [2.24, 2.45) is 17.8 Å². The van der Waals surface area contributed by atoms with Crippen molar-refractivity contribution in [3.05, 3.63) is 24.3 Å². The fourth-order valence-corrected chi connectivity index (χ4v) is 6.83.